The third-order valence-corrected chi connectivity index (χ3v) is 1.37. The smallest absolute Gasteiger partial charge is 0 e. The van der Waals surface area contributed by atoms with E-state index in [0.29, 0.717) is 0 Å². The zero-order valence-corrected chi connectivity index (χ0v) is 8.23. The van der Waals surface area contributed by atoms with Crippen LogP contribution in [0, 0.1) is 0 Å². The fraction of sp³-hybridized carbons (Fsp3) is 0.500. The van der Waals surface area contributed by atoms with Crippen LogP contribution in [0.3, 0.4) is 0 Å². The van der Waals surface area contributed by atoms with E-state index in [1.807, 2.05) is 0 Å². The van der Waals surface area contributed by atoms with E-state index in [9.17, 15) is 0 Å². The fourth-order valence-corrected chi connectivity index (χ4v) is 0.874. The summed E-state index contributed by atoms with van der Waals surface area (Å²) in [5.74, 6) is 0. The first-order valence-corrected chi connectivity index (χ1v) is 3.32. The van der Waals surface area contributed by atoms with Gasteiger partial charge < -0.3 is 0 Å². The van der Waals surface area contributed by atoms with Crippen LogP contribution in [0.1, 0.15) is 25.7 Å². The molecular formula is C8H13ClPd. The summed E-state index contributed by atoms with van der Waals surface area (Å²) in [6.07, 6.45) is 14.0. The maximum absolute atomic E-state index is 2.23. The van der Waals surface area contributed by atoms with E-state index in [1.165, 1.54) is 25.7 Å². The second-order valence-electron chi connectivity index (χ2n) is 2.14. The average molecular weight is 251 g/mol. The van der Waals surface area contributed by atoms with Gasteiger partial charge in [0.15, 0.2) is 0 Å². The Balaban J connectivity index is 0. The molecule has 0 bridgehead atoms. The Morgan fingerprint density at radius 2 is 1.20 bits per heavy atom. The number of allylic oxidation sites excluding steroid dienone is 4. The van der Waals surface area contributed by atoms with Crippen LogP contribution in [0.2, 0.25) is 0 Å². The zero-order chi connectivity index (χ0) is 5.66. The fourth-order valence-electron chi connectivity index (χ4n) is 0.874. The van der Waals surface area contributed by atoms with Crippen LogP contribution in [0.4, 0.5) is 0 Å². The van der Waals surface area contributed by atoms with Crippen LogP contribution < -0.4 is 0 Å². The first-order chi connectivity index (χ1) is 4.00. The average Bonchev–Trinajstić information content (AvgIpc) is 1.62. The summed E-state index contributed by atoms with van der Waals surface area (Å²) in [6.45, 7) is 0. The van der Waals surface area contributed by atoms with Crippen LogP contribution in [0.25, 0.3) is 0 Å². The molecule has 0 heterocycles. The van der Waals surface area contributed by atoms with Crippen LogP contribution in [0.5, 0.6) is 0 Å². The van der Waals surface area contributed by atoms with E-state index < -0.39 is 0 Å². The molecular weight excluding hydrogens is 238 g/mol. The molecule has 62 valence electrons. The van der Waals surface area contributed by atoms with Crippen LogP contribution in [0.15, 0.2) is 24.3 Å². The van der Waals surface area contributed by atoms with Gasteiger partial charge in [-0.3, -0.25) is 0 Å². The van der Waals surface area contributed by atoms with Gasteiger partial charge in [0, 0.05) is 20.4 Å². The molecule has 0 saturated carbocycles. The Labute approximate surface area is 82.8 Å². The van der Waals surface area contributed by atoms with E-state index >= 15 is 0 Å². The Hall–Kier alpha value is 0.432. The maximum atomic E-state index is 2.23. The molecule has 0 unspecified atom stereocenters. The topological polar surface area (TPSA) is 0 Å². The SMILES string of the molecule is C1=CCCCCC=C1.Cl.[Pd]. The second kappa shape index (κ2) is 9.43. The summed E-state index contributed by atoms with van der Waals surface area (Å²) >= 11 is 0. The van der Waals surface area contributed by atoms with Crippen molar-refractivity contribution in [2.24, 2.45) is 0 Å². The van der Waals surface area contributed by atoms with Gasteiger partial charge in [-0.25, -0.2) is 0 Å². The van der Waals surface area contributed by atoms with Crippen molar-refractivity contribution in [3.8, 4) is 0 Å². The molecule has 0 aromatic rings. The van der Waals surface area contributed by atoms with Gasteiger partial charge in [-0.1, -0.05) is 24.3 Å². The van der Waals surface area contributed by atoms with E-state index in [0.717, 1.165) is 0 Å². The molecule has 0 atom stereocenters. The summed E-state index contributed by atoms with van der Waals surface area (Å²) in [6, 6.07) is 0. The summed E-state index contributed by atoms with van der Waals surface area (Å²) in [4.78, 5) is 0. The predicted octanol–water partition coefficient (Wildman–Crippen LogP) is 3.09. The van der Waals surface area contributed by atoms with Crippen molar-refractivity contribution in [2.45, 2.75) is 25.7 Å². The summed E-state index contributed by atoms with van der Waals surface area (Å²) in [5, 5.41) is 0. The van der Waals surface area contributed by atoms with Gasteiger partial charge in [-0.2, -0.15) is 0 Å². The number of hydrogen-bond donors (Lipinski definition) is 0. The summed E-state index contributed by atoms with van der Waals surface area (Å²) in [5.41, 5.74) is 0. The molecule has 0 N–H and O–H groups in total. The van der Waals surface area contributed by atoms with E-state index in [4.69, 9.17) is 0 Å². The molecule has 1 aliphatic rings. The van der Waals surface area contributed by atoms with Gasteiger partial charge >= 0.3 is 0 Å². The number of halogens is 1. The number of hydrogen-bond acceptors (Lipinski definition) is 0. The van der Waals surface area contributed by atoms with Gasteiger partial charge in [-0.15, -0.1) is 12.4 Å². The maximum Gasteiger partial charge on any atom is 0 e. The van der Waals surface area contributed by atoms with Crippen molar-refractivity contribution in [1.29, 1.82) is 0 Å². The van der Waals surface area contributed by atoms with E-state index in [-0.39, 0.29) is 32.8 Å². The quantitative estimate of drug-likeness (QED) is 0.580. The third-order valence-electron chi connectivity index (χ3n) is 1.37. The monoisotopic (exact) mass is 250 g/mol. The first kappa shape index (κ1) is 13.1. The summed E-state index contributed by atoms with van der Waals surface area (Å²) < 4.78 is 0. The van der Waals surface area contributed by atoms with Gasteiger partial charge in [0.05, 0.1) is 0 Å². The Bertz CT molecular complexity index is 93.8. The van der Waals surface area contributed by atoms with Crippen molar-refractivity contribution >= 4 is 12.4 Å². The van der Waals surface area contributed by atoms with E-state index in [2.05, 4.69) is 24.3 Å². The van der Waals surface area contributed by atoms with E-state index in [1.54, 1.807) is 0 Å². The molecule has 0 aliphatic heterocycles. The zero-order valence-electron chi connectivity index (χ0n) is 5.86. The molecule has 2 heteroatoms. The molecule has 0 radical (unpaired) electrons. The minimum atomic E-state index is 0. The van der Waals surface area contributed by atoms with Crippen molar-refractivity contribution in [3.63, 3.8) is 0 Å². The third kappa shape index (κ3) is 6.55. The number of rotatable bonds is 0. The Morgan fingerprint density at radius 1 is 0.800 bits per heavy atom. The molecule has 0 amide bonds. The van der Waals surface area contributed by atoms with Gasteiger partial charge in [0.1, 0.15) is 0 Å². The molecule has 0 aromatic heterocycles. The van der Waals surface area contributed by atoms with Gasteiger partial charge in [-0.05, 0) is 25.7 Å². The molecule has 10 heavy (non-hydrogen) atoms. The van der Waals surface area contributed by atoms with Crippen LogP contribution >= 0.6 is 12.4 Å². The second-order valence-corrected chi connectivity index (χ2v) is 2.14. The standard InChI is InChI=1S/C8H12.ClH.Pd/c1-2-4-6-8-7-5-3-1;;/h1-4H,5-8H2;1H;. The van der Waals surface area contributed by atoms with Crippen molar-refractivity contribution in [2.75, 3.05) is 0 Å². The Morgan fingerprint density at radius 3 is 1.60 bits per heavy atom. The largest absolute Gasteiger partial charge is 0.147 e. The molecule has 0 fully saturated rings. The van der Waals surface area contributed by atoms with Gasteiger partial charge in [0.2, 0.25) is 0 Å². The normalized spacial score (nSPS) is 16.0. The van der Waals surface area contributed by atoms with Crippen molar-refractivity contribution in [3.05, 3.63) is 24.3 Å². The minimum Gasteiger partial charge on any atom is -0.147 e. The van der Waals surface area contributed by atoms with Crippen molar-refractivity contribution in [1.82, 2.24) is 0 Å². The van der Waals surface area contributed by atoms with Crippen LogP contribution in [-0.4, -0.2) is 0 Å². The van der Waals surface area contributed by atoms with Crippen molar-refractivity contribution < 1.29 is 20.4 Å². The predicted molar refractivity (Wildman–Crippen MR) is 44.0 cm³/mol. The molecule has 0 saturated heterocycles. The molecule has 1 rings (SSSR count). The molecule has 0 nitrogen and oxygen atoms in total. The molecule has 1 aliphatic carbocycles. The molecule has 0 aromatic carbocycles. The molecule has 0 spiro atoms. The minimum absolute atomic E-state index is 0. The van der Waals surface area contributed by atoms with Gasteiger partial charge in [0.25, 0.3) is 0 Å². The summed E-state index contributed by atoms with van der Waals surface area (Å²) in [7, 11) is 0. The Kier molecular flexibility index (Phi) is 12.3. The van der Waals surface area contributed by atoms with Crippen LogP contribution in [-0.2, 0) is 20.4 Å². The first-order valence-electron chi connectivity index (χ1n) is 3.32.